The molecule has 4 rings (SSSR count). The molecular formula is C22H17N3O. The Balaban J connectivity index is 1.45. The molecule has 0 spiro atoms. The average molecular weight is 339 g/mol. The first-order chi connectivity index (χ1) is 12.8. The molecule has 0 aliphatic carbocycles. The third kappa shape index (κ3) is 3.54. The van der Waals surface area contributed by atoms with Crippen molar-refractivity contribution in [2.45, 2.75) is 0 Å². The zero-order valence-corrected chi connectivity index (χ0v) is 14.0. The number of nitrogens with one attached hydrogen (secondary N) is 2. The molecule has 0 fully saturated rings. The first-order valence-corrected chi connectivity index (χ1v) is 8.37. The fourth-order valence-corrected chi connectivity index (χ4v) is 2.72. The number of aromatic nitrogens is 2. The molecular weight excluding hydrogens is 322 g/mol. The third-order valence-corrected chi connectivity index (χ3v) is 4.04. The molecule has 2 N–H and O–H groups in total. The molecule has 0 radical (unpaired) electrons. The van der Waals surface area contributed by atoms with Crippen molar-refractivity contribution in [1.29, 1.82) is 0 Å². The smallest absolute Gasteiger partial charge is 0.248 e. The molecule has 1 aromatic heterocycles. The summed E-state index contributed by atoms with van der Waals surface area (Å²) in [5, 5.41) is 2.86. The number of anilines is 1. The summed E-state index contributed by atoms with van der Waals surface area (Å²) >= 11 is 0. The largest absolute Gasteiger partial charge is 0.338 e. The minimum atomic E-state index is -0.162. The number of hydrogen-bond donors (Lipinski definition) is 2. The van der Waals surface area contributed by atoms with Crippen molar-refractivity contribution >= 4 is 28.7 Å². The van der Waals surface area contributed by atoms with E-state index in [4.69, 9.17) is 0 Å². The van der Waals surface area contributed by atoms with Crippen molar-refractivity contribution in [3.05, 3.63) is 90.5 Å². The van der Waals surface area contributed by atoms with Crippen LogP contribution in [0.4, 0.5) is 5.69 Å². The lowest BCUT2D eigenvalue weighted by Gasteiger charge is -2.03. The van der Waals surface area contributed by atoms with E-state index in [2.05, 4.69) is 15.3 Å². The average Bonchev–Trinajstić information content (AvgIpc) is 3.12. The van der Waals surface area contributed by atoms with Crippen LogP contribution in [-0.4, -0.2) is 15.9 Å². The molecule has 4 heteroatoms. The van der Waals surface area contributed by atoms with Crippen LogP contribution in [0.25, 0.3) is 28.5 Å². The second-order valence-corrected chi connectivity index (χ2v) is 5.91. The number of fused-ring (bicyclic) bond motifs is 1. The van der Waals surface area contributed by atoms with Gasteiger partial charge in [0.05, 0.1) is 11.0 Å². The zero-order valence-electron chi connectivity index (χ0n) is 14.0. The predicted octanol–water partition coefficient (Wildman–Crippen LogP) is 4.88. The number of hydrogen-bond acceptors (Lipinski definition) is 2. The van der Waals surface area contributed by atoms with Crippen LogP contribution < -0.4 is 5.32 Å². The fourth-order valence-electron chi connectivity index (χ4n) is 2.72. The zero-order chi connectivity index (χ0) is 17.8. The van der Waals surface area contributed by atoms with Gasteiger partial charge in [0.15, 0.2) is 0 Å². The monoisotopic (exact) mass is 339 g/mol. The Labute approximate surface area is 151 Å². The normalized spacial score (nSPS) is 11.1. The van der Waals surface area contributed by atoms with Gasteiger partial charge in [0.2, 0.25) is 5.91 Å². The second kappa shape index (κ2) is 7.07. The summed E-state index contributed by atoms with van der Waals surface area (Å²) in [6.07, 6.45) is 3.32. The van der Waals surface area contributed by atoms with Crippen LogP contribution in [0.1, 0.15) is 5.56 Å². The number of amides is 1. The van der Waals surface area contributed by atoms with Gasteiger partial charge in [-0.05, 0) is 48.0 Å². The van der Waals surface area contributed by atoms with E-state index < -0.39 is 0 Å². The molecule has 0 bridgehead atoms. The fraction of sp³-hybridized carbons (Fsp3) is 0. The maximum absolute atomic E-state index is 12.0. The van der Waals surface area contributed by atoms with Gasteiger partial charge in [0.25, 0.3) is 0 Å². The Hall–Kier alpha value is -3.66. The molecule has 0 saturated carbocycles. The first kappa shape index (κ1) is 15.8. The van der Waals surface area contributed by atoms with Gasteiger partial charge in [0.1, 0.15) is 5.82 Å². The maximum atomic E-state index is 12.0. The number of benzene rings is 3. The molecule has 0 aliphatic heterocycles. The summed E-state index contributed by atoms with van der Waals surface area (Å²) in [5.41, 5.74) is 4.64. The number of imidazole rings is 1. The van der Waals surface area contributed by atoms with Crippen LogP contribution in [0.15, 0.2) is 84.9 Å². The second-order valence-electron chi connectivity index (χ2n) is 5.91. The molecule has 126 valence electrons. The number of aromatic amines is 1. The van der Waals surface area contributed by atoms with E-state index in [1.165, 1.54) is 6.08 Å². The van der Waals surface area contributed by atoms with Gasteiger partial charge in [-0.1, -0.05) is 42.5 Å². The Morgan fingerprint density at radius 3 is 2.38 bits per heavy atom. The minimum Gasteiger partial charge on any atom is -0.338 e. The maximum Gasteiger partial charge on any atom is 0.248 e. The van der Waals surface area contributed by atoms with Crippen LogP contribution in [0.2, 0.25) is 0 Å². The summed E-state index contributed by atoms with van der Waals surface area (Å²) in [4.78, 5) is 19.9. The highest BCUT2D eigenvalue weighted by Crippen LogP contribution is 2.22. The van der Waals surface area contributed by atoms with E-state index in [0.29, 0.717) is 0 Å². The van der Waals surface area contributed by atoms with Gasteiger partial charge >= 0.3 is 0 Å². The Bertz CT molecular complexity index is 1030. The molecule has 0 saturated heterocycles. The van der Waals surface area contributed by atoms with Crippen molar-refractivity contribution in [3.8, 4) is 11.4 Å². The van der Waals surface area contributed by atoms with E-state index in [1.54, 1.807) is 6.08 Å². The van der Waals surface area contributed by atoms with E-state index in [1.807, 2.05) is 78.9 Å². The highest BCUT2D eigenvalue weighted by atomic mass is 16.1. The van der Waals surface area contributed by atoms with E-state index in [-0.39, 0.29) is 5.91 Å². The van der Waals surface area contributed by atoms with Gasteiger partial charge in [-0.15, -0.1) is 0 Å². The number of para-hydroxylation sites is 2. The Morgan fingerprint density at radius 1 is 0.885 bits per heavy atom. The third-order valence-electron chi connectivity index (χ3n) is 4.04. The van der Waals surface area contributed by atoms with Crippen molar-refractivity contribution in [1.82, 2.24) is 9.97 Å². The van der Waals surface area contributed by atoms with Crippen LogP contribution in [0, 0.1) is 0 Å². The molecule has 4 nitrogen and oxygen atoms in total. The lowest BCUT2D eigenvalue weighted by Crippen LogP contribution is -2.07. The van der Waals surface area contributed by atoms with E-state index in [9.17, 15) is 4.79 Å². The van der Waals surface area contributed by atoms with Gasteiger partial charge < -0.3 is 10.3 Å². The van der Waals surface area contributed by atoms with Gasteiger partial charge in [-0.25, -0.2) is 4.98 Å². The summed E-state index contributed by atoms with van der Waals surface area (Å²) in [7, 11) is 0. The number of nitrogens with zero attached hydrogens (tertiary/aromatic N) is 1. The standard InChI is InChI=1S/C22H17N3O/c26-21(15-10-16-6-2-1-3-7-16)23-18-13-11-17(12-14-18)22-24-19-8-4-5-9-20(19)25-22/h1-15H,(H,23,26)(H,24,25). The lowest BCUT2D eigenvalue weighted by molar-refractivity contribution is -0.111. The first-order valence-electron chi connectivity index (χ1n) is 8.37. The van der Waals surface area contributed by atoms with Gasteiger partial charge in [-0.3, -0.25) is 4.79 Å². The molecule has 1 amide bonds. The van der Waals surface area contributed by atoms with Crippen molar-refractivity contribution in [2.24, 2.45) is 0 Å². The van der Waals surface area contributed by atoms with Crippen LogP contribution >= 0.6 is 0 Å². The van der Waals surface area contributed by atoms with Gasteiger partial charge in [0, 0.05) is 17.3 Å². The van der Waals surface area contributed by atoms with Crippen LogP contribution in [0.5, 0.6) is 0 Å². The highest BCUT2D eigenvalue weighted by Gasteiger charge is 2.05. The summed E-state index contributed by atoms with van der Waals surface area (Å²) in [6.45, 7) is 0. The topological polar surface area (TPSA) is 57.8 Å². The summed E-state index contributed by atoms with van der Waals surface area (Å²) in [6, 6.07) is 25.3. The molecule has 1 heterocycles. The Kier molecular flexibility index (Phi) is 4.31. The van der Waals surface area contributed by atoms with Gasteiger partial charge in [-0.2, -0.15) is 0 Å². The summed E-state index contributed by atoms with van der Waals surface area (Å²) < 4.78 is 0. The SMILES string of the molecule is O=C(C=Cc1ccccc1)Nc1ccc(-c2nc3ccccc3[nH]2)cc1. The molecule has 4 aromatic rings. The van der Waals surface area contributed by atoms with Crippen molar-refractivity contribution < 1.29 is 4.79 Å². The van der Waals surface area contributed by atoms with Crippen molar-refractivity contribution in [3.63, 3.8) is 0 Å². The molecule has 26 heavy (non-hydrogen) atoms. The highest BCUT2D eigenvalue weighted by molar-refractivity contribution is 6.02. The lowest BCUT2D eigenvalue weighted by atomic mass is 10.2. The molecule has 3 aromatic carbocycles. The minimum absolute atomic E-state index is 0.162. The quantitative estimate of drug-likeness (QED) is 0.521. The summed E-state index contributed by atoms with van der Waals surface area (Å²) in [5.74, 6) is 0.651. The number of rotatable bonds is 4. The van der Waals surface area contributed by atoms with Crippen molar-refractivity contribution in [2.75, 3.05) is 5.32 Å². The predicted molar refractivity (Wildman–Crippen MR) is 106 cm³/mol. The molecule has 0 unspecified atom stereocenters. The number of H-pyrrole nitrogens is 1. The van der Waals surface area contributed by atoms with E-state index in [0.717, 1.165) is 33.7 Å². The molecule has 0 atom stereocenters. The Morgan fingerprint density at radius 2 is 1.62 bits per heavy atom. The molecule has 0 aliphatic rings. The van der Waals surface area contributed by atoms with E-state index >= 15 is 0 Å². The van der Waals surface area contributed by atoms with Crippen LogP contribution in [0.3, 0.4) is 0 Å². The number of carbonyl (C=O) groups is 1. The van der Waals surface area contributed by atoms with Crippen LogP contribution in [-0.2, 0) is 4.79 Å². The number of carbonyl (C=O) groups excluding carboxylic acids is 1.